The van der Waals surface area contributed by atoms with Gasteiger partial charge >= 0.3 is 0 Å². The molecule has 26 heavy (non-hydrogen) atoms. The van der Waals surface area contributed by atoms with Crippen molar-refractivity contribution < 1.29 is 14.3 Å². The number of rotatable bonds is 9. The fourth-order valence-corrected chi connectivity index (χ4v) is 2.15. The van der Waals surface area contributed by atoms with Crippen LogP contribution in [0.1, 0.15) is 43.1 Å². The Morgan fingerprint density at radius 1 is 1.04 bits per heavy atom. The van der Waals surface area contributed by atoms with Crippen molar-refractivity contribution in [1.29, 1.82) is 0 Å². The molecule has 0 fully saturated rings. The average molecular weight is 354 g/mol. The Bertz CT molecular complexity index is 707. The van der Waals surface area contributed by atoms with Crippen LogP contribution in [0.2, 0.25) is 0 Å². The number of hydrogen-bond donors (Lipinski definition) is 1. The minimum atomic E-state index is -0.219. The van der Waals surface area contributed by atoms with Gasteiger partial charge in [0.05, 0.1) is 6.61 Å². The molecule has 0 unspecified atom stereocenters. The normalized spacial score (nSPS) is 10.9. The van der Waals surface area contributed by atoms with Crippen LogP contribution in [-0.2, 0) is 6.61 Å². The summed E-state index contributed by atoms with van der Waals surface area (Å²) >= 11 is 0. The van der Waals surface area contributed by atoms with Crippen molar-refractivity contribution in [1.82, 2.24) is 5.43 Å². The van der Waals surface area contributed by atoms with Gasteiger partial charge in [-0.15, -0.1) is 0 Å². The molecule has 5 nitrogen and oxygen atoms in total. The van der Waals surface area contributed by atoms with E-state index in [9.17, 15) is 4.79 Å². The third kappa shape index (κ3) is 6.59. The van der Waals surface area contributed by atoms with E-state index in [4.69, 9.17) is 9.47 Å². The molecule has 0 aliphatic carbocycles. The van der Waals surface area contributed by atoms with Crippen molar-refractivity contribution in [2.45, 2.75) is 33.8 Å². The molecule has 1 N–H and O–H groups in total. The SMILES string of the molecule is CCOc1ccc(OCc2ccc(C(=O)N/N=C/CC(C)C)cc2)cc1. The van der Waals surface area contributed by atoms with E-state index in [2.05, 4.69) is 24.4 Å². The van der Waals surface area contributed by atoms with Gasteiger partial charge in [-0.05, 0) is 61.2 Å². The second-order valence-electron chi connectivity index (χ2n) is 6.27. The summed E-state index contributed by atoms with van der Waals surface area (Å²) in [6.07, 6.45) is 2.56. The molecule has 0 aliphatic rings. The topological polar surface area (TPSA) is 59.9 Å². The monoisotopic (exact) mass is 354 g/mol. The van der Waals surface area contributed by atoms with E-state index in [1.807, 2.05) is 43.3 Å². The largest absolute Gasteiger partial charge is 0.494 e. The van der Waals surface area contributed by atoms with Crippen LogP contribution in [0.25, 0.3) is 0 Å². The van der Waals surface area contributed by atoms with Crippen molar-refractivity contribution in [2.75, 3.05) is 6.61 Å². The standard InChI is InChI=1S/C21H26N2O3/c1-4-25-19-9-11-20(12-10-19)26-15-17-5-7-18(8-6-17)21(24)23-22-14-13-16(2)3/h5-12,14,16H,4,13,15H2,1-3H3,(H,23,24)/b22-14+. The lowest BCUT2D eigenvalue weighted by atomic mass is 10.1. The van der Waals surface area contributed by atoms with Gasteiger partial charge in [0.2, 0.25) is 0 Å². The molecule has 0 radical (unpaired) electrons. The van der Waals surface area contributed by atoms with Crippen molar-refractivity contribution in [3.05, 3.63) is 59.7 Å². The van der Waals surface area contributed by atoms with Gasteiger partial charge in [0.25, 0.3) is 5.91 Å². The Balaban J connectivity index is 1.83. The zero-order valence-electron chi connectivity index (χ0n) is 15.6. The molecule has 5 heteroatoms. The van der Waals surface area contributed by atoms with Crippen molar-refractivity contribution in [3.8, 4) is 11.5 Å². The zero-order valence-corrected chi connectivity index (χ0v) is 15.6. The number of ether oxygens (including phenoxy) is 2. The number of nitrogens with one attached hydrogen (secondary N) is 1. The van der Waals surface area contributed by atoms with Gasteiger partial charge < -0.3 is 9.47 Å². The first-order chi connectivity index (χ1) is 12.6. The van der Waals surface area contributed by atoms with Gasteiger partial charge in [-0.25, -0.2) is 5.43 Å². The lowest BCUT2D eigenvalue weighted by molar-refractivity contribution is 0.0955. The Morgan fingerprint density at radius 2 is 1.65 bits per heavy atom. The van der Waals surface area contributed by atoms with E-state index < -0.39 is 0 Å². The van der Waals surface area contributed by atoms with Crippen LogP contribution in [0.3, 0.4) is 0 Å². The molecule has 0 bridgehead atoms. The molecule has 0 heterocycles. The molecule has 0 spiro atoms. The van der Waals surface area contributed by atoms with Gasteiger partial charge in [-0.3, -0.25) is 4.79 Å². The molecule has 0 saturated carbocycles. The van der Waals surface area contributed by atoms with Gasteiger partial charge in [0.15, 0.2) is 0 Å². The highest BCUT2D eigenvalue weighted by Crippen LogP contribution is 2.18. The number of carbonyl (C=O) groups is 1. The molecular formula is C21H26N2O3. The first kappa shape index (κ1) is 19.5. The maximum Gasteiger partial charge on any atom is 0.271 e. The van der Waals surface area contributed by atoms with Crippen LogP contribution in [0.4, 0.5) is 0 Å². The van der Waals surface area contributed by atoms with Crippen LogP contribution in [-0.4, -0.2) is 18.7 Å². The van der Waals surface area contributed by atoms with Crippen molar-refractivity contribution in [3.63, 3.8) is 0 Å². The van der Waals surface area contributed by atoms with Gasteiger partial charge in [0, 0.05) is 11.8 Å². The number of hydrazone groups is 1. The first-order valence-corrected chi connectivity index (χ1v) is 8.85. The third-order valence-corrected chi connectivity index (χ3v) is 3.59. The van der Waals surface area contributed by atoms with E-state index in [0.717, 1.165) is 23.5 Å². The second kappa shape index (κ2) is 10.2. The lowest BCUT2D eigenvalue weighted by Crippen LogP contribution is -2.17. The quantitative estimate of drug-likeness (QED) is 0.535. The second-order valence-corrected chi connectivity index (χ2v) is 6.27. The molecule has 0 saturated heterocycles. The summed E-state index contributed by atoms with van der Waals surface area (Å²) < 4.78 is 11.2. The summed E-state index contributed by atoms with van der Waals surface area (Å²) in [7, 11) is 0. The highest BCUT2D eigenvalue weighted by Gasteiger charge is 2.04. The van der Waals surface area contributed by atoms with E-state index in [1.54, 1.807) is 18.3 Å². The smallest absolute Gasteiger partial charge is 0.271 e. The number of carbonyl (C=O) groups excluding carboxylic acids is 1. The number of nitrogens with zero attached hydrogens (tertiary/aromatic N) is 1. The van der Waals surface area contributed by atoms with E-state index >= 15 is 0 Å². The van der Waals surface area contributed by atoms with E-state index in [-0.39, 0.29) is 5.91 Å². The van der Waals surface area contributed by atoms with Gasteiger partial charge in [-0.1, -0.05) is 26.0 Å². The summed E-state index contributed by atoms with van der Waals surface area (Å²) in [4.78, 5) is 12.0. The highest BCUT2D eigenvalue weighted by atomic mass is 16.5. The fraction of sp³-hybridized carbons (Fsp3) is 0.333. The Hall–Kier alpha value is -2.82. The third-order valence-electron chi connectivity index (χ3n) is 3.59. The average Bonchev–Trinajstić information content (AvgIpc) is 2.65. The molecule has 1 amide bonds. The number of amides is 1. The summed E-state index contributed by atoms with van der Waals surface area (Å²) in [5.74, 6) is 1.90. The van der Waals surface area contributed by atoms with Crippen molar-refractivity contribution in [2.24, 2.45) is 11.0 Å². The molecular weight excluding hydrogens is 328 g/mol. The molecule has 2 rings (SSSR count). The predicted molar refractivity (Wildman–Crippen MR) is 104 cm³/mol. The summed E-state index contributed by atoms with van der Waals surface area (Å²) in [6, 6.07) is 14.8. The summed E-state index contributed by atoms with van der Waals surface area (Å²) in [5, 5.41) is 3.95. The van der Waals surface area contributed by atoms with Gasteiger partial charge in [-0.2, -0.15) is 5.10 Å². The minimum absolute atomic E-state index is 0.219. The molecule has 2 aromatic carbocycles. The van der Waals surface area contributed by atoms with E-state index in [0.29, 0.717) is 24.7 Å². The molecule has 2 aromatic rings. The molecule has 0 aliphatic heterocycles. The number of benzene rings is 2. The number of hydrogen-bond acceptors (Lipinski definition) is 4. The minimum Gasteiger partial charge on any atom is -0.494 e. The van der Waals surface area contributed by atoms with Crippen LogP contribution in [0.5, 0.6) is 11.5 Å². The maximum absolute atomic E-state index is 12.0. The van der Waals surface area contributed by atoms with Gasteiger partial charge in [0.1, 0.15) is 18.1 Å². The van der Waals surface area contributed by atoms with Crippen LogP contribution < -0.4 is 14.9 Å². The fourth-order valence-electron chi connectivity index (χ4n) is 2.15. The van der Waals surface area contributed by atoms with Crippen LogP contribution in [0.15, 0.2) is 53.6 Å². The van der Waals surface area contributed by atoms with Crippen molar-refractivity contribution >= 4 is 12.1 Å². The van der Waals surface area contributed by atoms with Crippen LogP contribution in [0, 0.1) is 5.92 Å². The van der Waals surface area contributed by atoms with Crippen LogP contribution >= 0.6 is 0 Å². The Kier molecular flexibility index (Phi) is 7.68. The highest BCUT2D eigenvalue weighted by molar-refractivity contribution is 5.94. The zero-order chi connectivity index (χ0) is 18.8. The lowest BCUT2D eigenvalue weighted by Gasteiger charge is -2.08. The molecule has 138 valence electrons. The Labute approximate surface area is 155 Å². The molecule has 0 aromatic heterocycles. The summed E-state index contributed by atoms with van der Waals surface area (Å²) in [5.41, 5.74) is 4.09. The predicted octanol–water partition coefficient (Wildman–Crippen LogP) is 4.43. The first-order valence-electron chi connectivity index (χ1n) is 8.85. The van der Waals surface area contributed by atoms with E-state index in [1.165, 1.54) is 0 Å². The Morgan fingerprint density at radius 3 is 2.23 bits per heavy atom. The summed E-state index contributed by atoms with van der Waals surface area (Å²) in [6.45, 7) is 7.22. The molecule has 0 atom stereocenters. The maximum atomic E-state index is 12.0.